The number of anilines is 1. The summed E-state index contributed by atoms with van der Waals surface area (Å²) in [4.78, 5) is 28.8. The van der Waals surface area contributed by atoms with Crippen LogP contribution in [-0.2, 0) is 4.79 Å². The zero-order valence-corrected chi connectivity index (χ0v) is 23.4. The second kappa shape index (κ2) is 11.4. The Balaban J connectivity index is 1.62. The van der Waals surface area contributed by atoms with Crippen LogP contribution in [0.1, 0.15) is 87.2 Å². The van der Waals surface area contributed by atoms with Gasteiger partial charge in [-0.25, -0.2) is 4.79 Å². The second-order valence-electron chi connectivity index (χ2n) is 11.6. The molecule has 0 aliphatic heterocycles. The van der Waals surface area contributed by atoms with Gasteiger partial charge < -0.3 is 24.3 Å². The van der Waals surface area contributed by atoms with Crippen molar-refractivity contribution >= 4 is 28.9 Å². The Hall–Kier alpha value is -3.02. The van der Waals surface area contributed by atoms with E-state index in [0.29, 0.717) is 48.4 Å². The van der Waals surface area contributed by atoms with Crippen LogP contribution in [0.4, 0.5) is 5.69 Å². The Kier molecular flexibility index (Phi) is 8.39. The third kappa shape index (κ3) is 6.89. The molecule has 38 heavy (non-hydrogen) atoms. The molecule has 2 aliphatic rings. The number of ether oxygens (including phenoxy) is 1. The highest BCUT2D eigenvalue weighted by Gasteiger charge is 2.41. The van der Waals surface area contributed by atoms with Gasteiger partial charge in [-0.2, -0.15) is 0 Å². The van der Waals surface area contributed by atoms with Gasteiger partial charge in [0, 0.05) is 23.4 Å². The predicted octanol–water partition coefficient (Wildman–Crippen LogP) is 6.27. The van der Waals surface area contributed by atoms with Crippen molar-refractivity contribution in [2.45, 2.75) is 84.3 Å². The van der Waals surface area contributed by atoms with E-state index < -0.39 is 11.6 Å². The zero-order chi connectivity index (χ0) is 27.5. The number of carboxylic acid groups (broad SMARTS) is 1. The number of aliphatic hydroxyl groups is 1. The minimum absolute atomic E-state index is 0.0468. The van der Waals surface area contributed by atoms with Crippen LogP contribution in [0.25, 0.3) is 0 Å². The van der Waals surface area contributed by atoms with Crippen LogP contribution in [0.2, 0.25) is 0 Å². The molecule has 0 aromatic carbocycles. The molecule has 8 heteroatoms. The van der Waals surface area contributed by atoms with Gasteiger partial charge in [0.05, 0.1) is 22.4 Å². The first-order valence-corrected chi connectivity index (χ1v) is 14.0. The number of allylic oxidation sites excluding steroid dienone is 2. The Morgan fingerprint density at radius 2 is 2.00 bits per heavy atom. The molecule has 1 atom stereocenters. The van der Waals surface area contributed by atoms with Crippen LogP contribution in [0, 0.1) is 23.2 Å². The van der Waals surface area contributed by atoms with Crippen molar-refractivity contribution in [3.8, 4) is 17.6 Å². The maximum atomic E-state index is 14.0. The fourth-order valence-electron chi connectivity index (χ4n) is 5.00. The van der Waals surface area contributed by atoms with Crippen molar-refractivity contribution in [1.82, 2.24) is 0 Å². The first-order valence-electron chi connectivity index (χ1n) is 13.2. The second-order valence-corrected chi connectivity index (χ2v) is 12.6. The number of hydrogen-bond donors (Lipinski definition) is 2. The molecule has 2 aromatic rings. The number of carboxylic acids is 1. The third-order valence-corrected chi connectivity index (χ3v) is 8.23. The predicted molar refractivity (Wildman–Crippen MR) is 148 cm³/mol. The van der Waals surface area contributed by atoms with Crippen LogP contribution < -0.4 is 9.64 Å². The fraction of sp³-hybridized carbons (Fsp3) is 0.533. The number of thiophene rings is 1. The smallest absolute Gasteiger partial charge is 0.348 e. The number of carbonyl (C=O) groups is 2. The molecule has 0 saturated heterocycles. The normalized spacial score (nSPS) is 23.7. The largest absolute Gasteiger partial charge is 0.487 e. The highest BCUT2D eigenvalue weighted by atomic mass is 32.1. The van der Waals surface area contributed by atoms with Gasteiger partial charge in [0.1, 0.15) is 17.7 Å². The van der Waals surface area contributed by atoms with E-state index >= 15 is 0 Å². The van der Waals surface area contributed by atoms with E-state index in [1.807, 2.05) is 20.8 Å². The number of hydrogen-bond acceptors (Lipinski definition) is 6. The highest BCUT2D eigenvalue weighted by Crippen LogP contribution is 2.40. The van der Waals surface area contributed by atoms with E-state index in [4.69, 9.17) is 9.15 Å². The van der Waals surface area contributed by atoms with E-state index in [2.05, 4.69) is 24.8 Å². The molecule has 0 radical (unpaired) electrons. The number of nitrogens with zero attached hydrogens (tertiary/aromatic N) is 1. The average Bonchev–Trinajstić information content (AvgIpc) is 3.53. The molecule has 0 bridgehead atoms. The quantitative estimate of drug-likeness (QED) is 0.318. The lowest BCUT2D eigenvalue weighted by atomic mass is 9.81. The summed E-state index contributed by atoms with van der Waals surface area (Å²) in [6.07, 6.45) is 9.32. The molecule has 2 N–H and O–H groups in total. The number of aromatic carboxylic acids is 1. The fourth-order valence-corrected chi connectivity index (χ4v) is 5.84. The summed E-state index contributed by atoms with van der Waals surface area (Å²) >= 11 is 1.11. The summed E-state index contributed by atoms with van der Waals surface area (Å²) < 4.78 is 10.7. The Morgan fingerprint density at radius 1 is 1.26 bits per heavy atom. The van der Waals surface area contributed by atoms with E-state index in [-0.39, 0.29) is 34.8 Å². The lowest BCUT2D eigenvalue weighted by molar-refractivity contribution is -0.123. The molecule has 1 amide bonds. The van der Waals surface area contributed by atoms with Crippen LogP contribution in [0.15, 0.2) is 40.7 Å². The van der Waals surface area contributed by atoms with Crippen molar-refractivity contribution < 1.29 is 29.0 Å². The topological polar surface area (TPSA) is 100 Å². The highest BCUT2D eigenvalue weighted by molar-refractivity contribution is 7.15. The molecular weight excluding hydrogens is 502 g/mol. The minimum atomic E-state index is -1.06. The van der Waals surface area contributed by atoms with Gasteiger partial charge in [-0.1, -0.05) is 23.5 Å². The van der Waals surface area contributed by atoms with Gasteiger partial charge >= 0.3 is 5.97 Å². The summed E-state index contributed by atoms with van der Waals surface area (Å²) in [6, 6.07) is 3.23. The summed E-state index contributed by atoms with van der Waals surface area (Å²) in [6.45, 7) is 8.21. The third-order valence-electron chi connectivity index (χ3n) is 7.21. The van der Waals surface area contributed by atoms with E-state index in [9.17, 15) is 19.8 Å². The minimum Gasteiger partial charge on any atom is -0.487 e. The monoisotopic (exact) mass is 539 g/mol. The summed E-state index contributed by atoms with van der Waals surface area (Å²) in [7, 11) is 0. The van der Waals surface area contributed by atoms with Crippen molar-refractivity contribution in [1.29, 1.82) is 0 Å². The summed E-state index contributed by atoms with van der Waals surface area (Å²) in [5, 5.41) is 21.2. The molecule has 4 rings (SSSR count). The standard InChI is InChI=1S/C30H37NO6S/c1-20-5-7-21(8-6-20)27(32)31(25-17-24(11-13-29(2,3)4)38-26(25)28(33)34)22-9-14-30(35,15-10-22)19-37-23-12-16-36-18-23/h5,12,16-18,21-22,35H,6-10,14-15,19H2,1-4H3,(H,33,34)/t21-,22?,30?/m0/s1. The van der Waals surface area contributed by atoms with Gasteiger partial charge in [-0.05, 0) is 78.7 Å². The molecule has 2 heterocycles. The number of rotatable bonds is 7. The molecular formula is C30H37NO6S. The first-order chi connectivity index (χ1) is 17.9. The van der Waals surface area contributed by atoms with Crippen LogP contribution in [0.5, 0.6) is 5.75 Å². The van der Waals surface area contributed by atoms with Crippen LogP contribution in [-0.4, -0.2) is 40.3 Å². The van der Waals surface area contributed by atoms with Crippen molar-refractivity contribution in [2.75, 3.05) is 11.5 Å². The van der Waals surface area contributed by atoms with Crippen molar-refractivity contribution in [2.24, 2.45) is 11.3 Å². The molecule has 0 unspecified atom stereocenters. The summed E-state index contributed by atoms with van der Waals surface area (Å²) in [5.74, 6) is 5.54. The van der Waals surface area contributed by atoms with Crippen LogP contribution >= 0.6 is 11.3 Å². The summed E-state index contributed by atoms with van der Waals surface area (Å²) in [5.41, 5.74) is 0.437. The maximum absolute atomic E-state index is 14.0. The lowest BCUT2D eigenvalue weighted by Gasteiger charge is -2.41. The molecule has 2 aliphatic carbocycles. The van der Waals surface area contributed by atoms with Gasteiger partial charge in [0.15, 0.2) is 5.75 Å². The Bertz CT molecular complexity index is 1230. The SMILES string of the molecule is CC1=CC[C@H](C(=O)N(c2cc(C#CC(C)(C)C)sc2C(=O)O)C2CCC(O)(COc3ccoc3)CC2)CC1. The average molecular weight is 540 g/mol. The molecule has 0 spiro atoms. The van der Waals surface area contributed by atoms with Crippen molar-refractivity contribution in [3.63, 3.8) is 0 Å². The number of carbonyl (C=O) groups excluding carboxylic acids is 1. The van der Waals surface area contributed by atoms with Gasteiger partial charge in [-0.3, -0.25) is 4.79 Å². The van der Waals surface area contributed by atoms with Crippen LogP contribution in [0.3, 0.4) is 0 Å². The molecule has 204 valence electrons. The van der Waals surface area contributed by atoms with Crippen molar-refractivity contribution in [3.05, 3.63) is 46.1 Å². The maximum Gasteiger partial charge on any atom is 0.348 e. The van der Waals surface area contributed by atoms with E-state index in [1.54, 1.807) is 17.0 Å². The Labute approximate surface area is 228 Å². The molecule has 7 nitrogen and oxygen atoms in total. The van der Waals surface area contributed by atoms with E-state index in [1.165, 1.54) is 18.1 Å². The zero-order valence-electron chi connectivity index (χ0n) is 22.6. The molecule has 1 saturated carbocycles. The first kappa shape index (κ1) is 28.0. The van der Waals surface area contributed by atoms with Gasteiger partial charge in [0.2, 0.25) is 5.91 Å². The molecule has 2 aromatic heterocycles. The van der Waals surface area contributed by atoms with Gasteiger partial charge in [0.25, 0.3) is 0 Å². The number of amides is 1. The lowest BCUT2D eigenvalue weighted by Crippen LogP contribution is -2.50. The van der Waals surface area contributed by atoms with E-state index in [0.717, 1.165) is 24.2 Å². The Morgan fingerprint density at radius 3 is 2.58 bits per heavy atom. The number of furan rings is 1. The van der Waals surface area contributed by atoms with Gasteiger partial charge in [-0.15, -0.1) is 11.3 Å². The molecule has 1 fully saturated rings.